The molecule has 0 aromatic heterocycles. The normalized spacial score (nSPS) is 12.3. The summed E-state index contributed by atoms with van der Waals surface area (Å²) in [6.45, 7) is 3.49. The van der Waals surface area contributed by atoms with E-state index in [4.69, 9.17) is 9.84 Å². The Balaban J connectivity index is 2.50. The number of hydrogen-bond acceptors (Lipinski definition) is 3. The minimum Gasteiger partial charge on any atom is -0.483 e. The van der Waals surface area contributed by atoms with Gasteiger partial charge < -0.3 is 15.2 Å². The molecule has 2 N–H and O–H groups in total. The number of aliphatic hydroxyl groups is 1. The van der Waals surface area contributed by atoms with Gasteiger partial charge in [0.1, 0.15) is 11.6 Å². The van der Waals surface area contributed by atoms with Gasteiger partial charge in [0, 0.05) is 0 Å². The Kier molecular flexibility index (Phi) is 6.24. The van der Waals surface area contributed by atoms with Crippen molar-refractivity contribution in [3.8, 4) is 5.75 Å². The molecule has 0 aliphatic carbocycles. The molecule has 0 saturated heterocycles. The molecule has 0 radical (unpaired) electrons. The summed E-state index contributed by atoms with van der Waals surface area (Å²) in [4.78, 5) is 11.6. The van der Waals surface area contributed by atoms with E-state index in [2.05, 4.69) is 21.2 Å². The van der Waals surface area contributed by atoms with Crippen molar-refractivity contribution in [1.82, 2.24) is 5.32 Å². The maximum Gasteiger partial charge on any atom is 0.258 e. The van der Waals surface area contributed by atoms with Gasteiger partial charge in [-0.1, -0.05) is 13.8 Å². The molecular formula is C13H17BrFNO3. The highest BCUT2D eigenvalue weighted by atomic mass is 79.9. The van der Waals surface area contributed by atoms with Gasteiger partial charge in [-0.25, -0.2) is 4.39 Å². The van der Waals surface area contributed by atoms with Crippen LogP contribution in [-0.4, -0.2) is 30.3 Å². The van der Waals surface area contributed by atoms with Crippen LogP contribution in [0.2, 0.25) is 0 Å². The quantitative estimate of drug-likeness (QED) is 0.838. The lowest BCUT2D eigenvalue weighted by atomic mass is 10.1. The lowest BCUT2D eigenvalue weighted by Gasteiger charge is -2.20. The first-order valence-corrected chi connectivity index (χ1v) is 6.71. The zero-order valence-corrected chi connectivity index (χ0v) is 12.4. The highest BCUT2D eigenvalue weighted by Crippen LogP contribution is 2.25. The van der Waals surface area contributed by atoms with E-state index in [0.717, 1.165) is 0 Å². The fraction of sp³-hybridized carbons (Fsp3) is 0.462. The maximum atomic E-state index is 12.9. The van der Waals surface area contributed by atoms with Crippen molar-refractivity contribution in [2.45, 2.75) is 19.9 Å². The van der Waals surface area contributed by atoms with Crippen LogP contribution in [0.1, 0.15) is 13.8 Å². The summed E-state index contributed by atoms with van der Waals surface area (Å²) in [6.07, 6.45) is 0. The van der Waals surface area contributed by atoms with Crippen LogP contribution in [-0.2, 0) is 4.79 Å². The second-order valence-corrected chi connectivity index (χ2v) is 5.32. The number of amides is 1. The summed E-state index contributed by atoms with van der Waals surface area (Å²) in [6, 6.07) is 3.66. The molecule has 6 heteroatoms. The molecule has 1 aromatic carbocycles. The summed E-state index contributed by atoms with van der Waals surface area (Å²) in [5, 5.41) is 11.8. The zero-order chi connectivity index (χ0) is 14.4. The van der Waals surface area contributed by atoms with Crippen LogP contribution >= 0.6 is 15.9 Å². The van der Waals surface area contributed by atoms with Gasteiger partial charge in [0.05, 0.1) is 17.1 Å². The third-order valence-electron chi connectivity index (χ3n) is 2.60. The molecule has 1 amide bonds. The largest absolute Gasteiger partial charge is 0.483 e. The Labute approximate surface area is 120 Å². The predicted molar refractivity (Wildman–Crippen MR) is 73.4 cm³/mol. The summed E-state index contributed by atoms with van der Waals surface area (Å²) in [7, 11) is 0. The number of carbonyl (C=O) groups excluding carboxylic acids is 1. The summed E-state index contributed by atoms with van der Waals surface area (Å²) < 4.78 is 18.6. The number of ether oxygens (including phenoxy) is 1. The Morgan fingerprint density at radius 1 is 1.53 bits per heavy atom. The smallest absolute Gasteiger partial charge is 0.258 e. The molecule has 0 fully saturated rings. The molecule has 0 aliphatic heterocycles. The minimum atomic E-state index is -0.385. The van der Waals surface area contributed by atoms with Crippen LogP contribution in [0.25, 0.3) is 0 Å². The predicted octanol–water partition coefficient (Wildman–Crippen LogP) is 2.10. The molecule has 1 unspecified atom stereocenters. The van der Waals surface area contributed by atoms with E-state index in [1.807, 2.05) is 13.8 Å². The monoisotopic (exact) mass is 333 g/mol. The molecule has 4 nitrogen and oxygen atoms in total. The standard InChI is InChI=1S/C13H17BrFNO3/c1-8(2)11(6-17)16-13(18)7-19-12-4-3-9(15)5-10(12)14/h3-5,8,11,17H,6-7H2,1-2H3,(H,16,18). The van der Waals surface area contributed by atoms with E-state index in [-0.39, 0.29) is 36.9 Å². The number of nitrogens with one attached hydrogen (secondary N) is 1. The Hall–Kier alpha value is -1.14. The van der Waals surface area contributed by atoms with E-state index < -0.39 is 0 Å². The van der Waals surface area contributed by atoms with Crippen LogP contribution in [0.15, 0.2) is 22.7 Å². The molecule has 0 bridgehead atoms. The topological polar surface area (TPSA) is 58.6 Å². The van der Waals surface area contributed by atoms with Gasteiger partial charge in [-0.15, -0.1) is 0 Å². The van der Waals surface area contributed by atoms with Gasteiger partial charge in [-0.3, -0.25) is 4.79 Å². The zero-order valence-electron chi connectivity index (χ0n) is 10.8. The van der Waals surface area contributed by atoms with E-state index in [0.29, 0.717) is 10.2 Å². The first-order valence-electron chi connectivity index (χ1n) is 5.92. The van der Waals surface area contributed by atoms with Crippen molar-refractivity contribution in [2.75, 3.05) is 13.2 Å². The maximum absolute atomic E-state index is 12.9. The molecule has 0 heterocycles. The van der Waals surface area contributed by atoms with E-state index in [1.165, 1.54) is 18.2 Å². The molecular weight excluding hydrogens is 317 g/mol. The van der Waals surface area contributed by atoms with Crippen molar-refractivity contribution in [1.29, 1.82) is 0 Å². The highest BCUT2D eigenvalue weighted by molar-refractivity contribution is 9.10. The highest BCUT2D eigenvalue weighted by Gasteiger charge is 2.15. The van der Waals surface area contributed by atoms with Crippen molar-refractivity contribution in [2.24, 2.45) is 5.92 Å². The van der Waals surface area contributed by atoms with Crippen LogP contribution < -0.4 is 10.1 Å². The average molecular weight is 334 g/mol. The van der Waals surface area contributed by atoms with Gasteiger partial charge in [-0.2, -0.15) is 0 Å². The molecule has 1 atom stereocenters. The number of aliphatic hydroxyl groups excluding tert-OH is 1. The Morgan fingerprint density at radius 2 is 2.21 bits per heavy atom. The molecule has 1 rings (SSSR count). The third-order valence-corrected chi connectivity index (χ3v) is 3.22. The molecule has 0 aliphatic rings. The van der Waals surface area contributed by atoms with Crippen molar-refractivity contribution in [3.05, 3.63) is 28.5 Å². The van der Waals surface area contributed by atoms with Gasteiger partial charge in [-0.05, 0) is 40.0 Å². The fourth-order valence-electron chi connectivity index (χ4n) is 1.41. The summed E-state index contributed by atoms with van der Waals surface area (Å²) in [5.74, 6) is -0.194. The van der Waals surface area contributed by atoms with Crippen molar-refractivity contribution >= 4 is 21.8 Å². The van der Waals surface area contributed by atoms with Crippen LogP contribution in [0.4, 0.5) is 4.39 Å². The van der Waals surface area contributed by atoms with Gasteiger partial charge in [0.2, 0.25) is 0 Å². The minimum absolute atomic E-state index is 0.121. The lowest BCUT2D eigenvalue weighted by Crippen LogP contribution is -2.43. The second kappa shape index (κ2) is 7.45. The van der Waals surface area contributed by atoms with Crippen LogP contribution in [0.5, 0.6) is 5.75 Å². The molecule has 1 aromatic rings. The molecule has 0 saturated carbocycles. The van der Waals surface area contributed by atoms with Crippen LogP contribution in [0.3, 0.4) is 0 Å². The first-order chi connectivity index (χ1) is 8.93. The molecule has 0 spiro atoms. The van der Waals surface area contributed by atoms with Gasteiger partial charge in [0.25, 0.3) is 5.91 Å². The van der Waals surface area contributed by atoms with Crippen molar-refractivity contribution in [3.63, 3.8) is 0 Å². The molecule has 19 heavy (non-hydrogen) atoms. The van der Waals surface area contributed by atoms with Crippen LogP contribution in [0, 0.1) is 11.7 Å². The average Bonchev–Trinajstić information content (AvgIpc) is 2.34. The first kappa shape index (κ1) is 15.9. The van der Waals surface area contributed by atoms with E-state index >= 15 is 0 Å². The number of benzene rings is 1. The SMILES string of the molecule is CC(C)C(CO)NC(=O)COc1ccc(F)cc1Br. The number of hydrogen-bond donors (Lipinski definition) is 2. The summed E-state index contributed by atoms with van der Waals surface area (Å²) in [5.41, 5.74) is 0. The molecule has 106 valence electrons. The summed E-state index contributed by atoms with van der Waals surface area (Å²) >= 11 is 3.15. The van der Waals surface area contributed by atoms with E-state index in [1.54, 1.807) is 0 Å². The van der Waals surface area contributed by atoms with Gasteiger partial charge in [0.15, 0.2) is 6.61 Å². The van der Waals surface area contributed by atoms with E-state index in [9.17, 15) is 9.18 Å². The second-order valence-electron chi connectivity index (χ2n) is 4.46. The Morgan fingerprint density at radius 3 is 2.74 bits per heavy atom. The fourth-order valence-corrected chi connectivity index (χ4v) is 1.87. The lowest BCUT2D eigenvalue weighted by molar-refractivity contribution is -0.124. The Bertz CT molecular complexity index is 440. The number of rotatable bonds is 6. The van der Waals surface area contributed by atoms with Gasteiger partial charge >= 0.3 is 0 Å². The number of halogens is 2. The van der Waals surface area contributed by atoms with Crippen molar-refractivity contribution < 1.29 is 19.0 Å². The number of carbonyl (C=O) groups is 1. The third kappa shape index (κ3) is 5.16.